The molecule has 0 bridgehead atoms. The van der Waals surface area contributed by atoms with Crippen LogP contribution in [0.4, 0.5) is 5.69 Å². The van der Waals surface area contributed by atoms with Gasteiger partial charge in [0.25, 0.3) is 0 Å². The topological polar surface area (TPSA) is 79.0 Å². The van der Waals surface area contributed by atoms with Crippen LogP contribution in [0, 0.1) is 6.92 Å². The monoisotopic (exact) mass is 357 g/mol. The maximum absolute atomic E-state index is 12.5. The second-order valence-electron chi connectivity index (χ2n) is 5.53. The van der Waals surface area contributed by atoms with Gasteiger partial charge in [-0.15, -0.1) is 0 Å². The molecule has 0 saturated carbocycles. The fourth-order valence-electron chi connectivity index (χ4n) is 1.95. The van der Waals surface area contributed by atoms with Crippen LogP contribution in [-0.4, -0.2) is 59.0 Å². The summed E-state index contributed by atoms with van der Waals surface area (Å²) in [5, 5.41) is 2.72. The van der Waals surface area contributed by atoms with Crippen molar-refractivity contribution in [3.05, 3.63) is 29.8 Å². The minimum Gasteiger partial charge on any atom is -0.382 e. The number of hydrogen-bond donors (Lipinski definition) is 1. The number of carbonyl (C=O) groups is 1. The zero-order valence-corrected chi connectivity index (χ0v) is 15.6. The number of amides is 1. The van der Waals surface area contributed by atoms with Gasteiger partial charge in [-0.05, 0) is 32.4 Å². The van der Waals surface area contributed by atoms with E-state index in [4.69, 9.17) is 4.74 Å². The van der Waals surface area contributed by atoms with Gasteiger partial charge in [-0.3, -0.25) is 4.79 Å². The van der Waals surface area contributed by atoms with E-state index in [1.165, 1.54) is 14.1 Å². The van der Waals surface area contributed by atoms with Crippen LogP contribution in [0.25, 0.3) is 0 Å². The second kappa shape index (κ2) is 9.61. The third-order valence-electron chi connectivity index (χ3n) is 3.34. The van der Waals surface area contributed by atoms with Gasteiger partial charge in [0.2, 0.25) is 5.91 Å². The number of benzene rings is 1. The number of aryl methyl sites for hydroxylation is 1. The number of carbonyl (C=O) groups excluding carboxylic acids is 1. The molecule has 0 fully saturated rings. The van der Waals surface area contributed by atoms with Gasteiger partial charge in [0.15, 0.2) is 0 Å². The molecule has 0 heterocycles. The van der Waals surface area contributed by atoms with E-state index in [9.17, 15) is 13.2 Å². The van der Waals surface area contributed by atoms with Gasteiger partial charge >= 0.3 is 10.2 Å². The highest BCUT2D eigenvalue weighted by molar-refractivity contribution is 7.90. The SMILES string of the molecule is CCOCCCNC(=O)CN(c1ccc(C)cc1)S(=O)(=O)N(C)C. The maximum atomic E-state index is 12.5. The van der Waals surface area contributed by atoms with Crippen molar-refractivity contribution in [2.24, 2.45) is 0 Å². The molecule has 1 amide bonds. The highest BCUT2D eigenvalue weighted by Crippen LogP contribution is 2.19. The standard InChI is InChI=1S/C16H27N3O4S/c1-5-23-12-6-11-17-16(20)13-19(24(21,22)18(3)4)15-9-7-14(2)8-10-15/h7-10H,5-6,11-13H2,1-4H3,(H,17,20). The third-order valence-corrected chi connectivity index (χ3v) is 5.16. The van der Waals surface area contributed by atoms with Crippen molar-refractivity contribution in [3.8, 4) is 0 Å². The number of hydrogen-bond acceptors (Lipinski definition) is 4. The zero-order valence-electron chi connectivity index (χ0n) is 14.8. The summed E-state index contributed by atoms with van der Waals surface area (Å²) in [7, 11) is -0.876. The molecule has 0 saturated heterocycles. The quantitative estimate of drug-likeness (QED) is 0.637. The molecule has 0 aliphatic carbocycles. The molecule has 0 unspecified atom stereocenters. The van der Waals surface area contributed by atoms with Crippen LogP contribution in [-0.2, 0) is 19.7 Å². The lowest BCUT2D eigenvalue weighted by molar-refractivity contribution is -0.119. The summed E-state index contributed by atoms with van der Waals surface area (Å²) in [6, 6.07) is 7.01. The van der Waals surface area contributed by atoms with E-state index in [-0.39, 0.29) is 12.5 Å². The van der Waals surface area contributed by atoms with Gasteiger partial charge in [-0.2, -0.15) is 12.7 Å². The highest BCUT2D eigenvalue weighted by atomic mass is 32.2. The molecule has 0 radical (unpaired) electrons. The van der Waals surface area contributed by atoms with Crippen molar-refractivity contribution >= 4 is 21.8 Å². The molecule has 1 N–H and O–H groups in total. The van der Waals surface area contributed by atoms with Gasteiger partial charge < -0.3 is 10.1 Å². The lowest BCUT2D eigenvalue weighted by Gasteiger charge is -2.27. The van der Waals surface area contributed by atoms with Crippen molar-refractivity contribution < 1.29 is 17.9 Å². The first-order chi connectivity index (χ1) is 11.3. The highest BCUT2D eigenvalue weighted by Gasteiger charge is 2.27. The minimum absolute atomic E-state index is 0.266. The Bertz CT molecular complexity index is 615. The normalized spacial score (nSPS) is 11.5. The second-order valence-corrected chi connectivity index (χ2v) is 7.60. The van der Waals surface area contributed by atoms with Crippen molar-refractivity contribution in [3.63, 3.8) is 0 Å². The molecule has 1 aromatic rings. The Hall–Kier alpha value is -1.64. The molecule has 0 aliphatic rings. The number of nitrogens with one attached hydrogen (secondary N) is 1. The Morgan fingerprint density at radius 2 is 1.83 bits per heavy atom. The smallest absolute Gasteiger partial charge is 0.304 e. The summed E-state index contributed by atoms with van der Waals surface area (Å²) in [6.07, 6.45) is 0.685. The molecule has 1 rings (SSSR count). The van der Waals surface area contributed by atoms with Crippen LogP contribution < -0.4 is 9.62 Å². The van der Waals surface area contributed by atoms with Gasteiger partial charge in [-0.1, -0.05) is 17.7 Å². The first kappa shape index (κ1) is 20.4. The molecule has 7 nitrogen and oxygen atoms in total. The van der Waals surface area contributed by atoms with Crippen LogP contribution in [0.1, 0.15) is 18.9 Å². The maximum Gasteiger partial charge on any atom is 0.304 e. The Labute approximate surface area is 144 Å². The van der Waals surface area contributed by atoms with Crippen LogP contribution in [0.15, 0.2) is 24.3 Å². The molecule has 0 aliphatic heterocycles. The third kappa shape index (κ3) is 6.10. The summed E-state index contributed by atoms with van der Waals surface area (Å²) in [5.74, 6) is -0.350. The lowest BCUT2D eigenvalue weighted by atomic mass is 10.2. The Balaban J connectivity index is 2.80. The van der Waals surface area contributed by atoms with E-state index in [1.54, 1.807) is 12.1 Å². The van der Waals surface area contributed by atoms with Crippen LogP contribution in [0.5, 0.6) is 0 Å². The molecule has 0 atom stereocenters. The molecular weight excluding hydrogens is 330 g/mol. The van der Waals surface area contributed by atoms with Gasteiger partial charge in [0.05, 0.1) is 5.69 Å². The van der Waals surface area contributed by atoms with Gasteiger partial charge in [0.1, 0.15) is 6.54 Å². The first-order valence-electron chi connectivity index (χ1n) is 7.90. The molecule has 0 aromatic heterocycles. The van der Waals surface area contributed by atoms with E-state index in [0.717, 1.165) is 14.2 Å². The zero-order chi connectivity index (χ0) is 18.2. The summed E-state index contributed by atoms with van der Waals surface area (Å²) in [6.45, 7) is 5.20. The van der Waals surface area contributed by atoms with Gasteiger partial charge in [0, 0.05) is 33.9 Å². The average molecular weight is 357 g/mol. The van der Waals surface area contributed by atoms with Crippen molar-refractivity contribution in [2.45, 2.75) is 20.3 Å². The van der Waals surface area contributed by atoms with Crippen LogP contribution >= 0.6 is 0 Å². The number of ether oxygens (including phenoxy) is 1. The van der Waals surface area contributed by atoms with E-state index < -0.39 is 10.2 Å². The number of rotatable bonds is 10. The summed E-state index contributed by atoms with van der Waals surface area (Å²) < 4.78 is 32.4. The fourth-order valence-corrected chi connectivity index (χ4v) is 3.01. The largest absolute Gasteiger partial charge is 0.382 e. The molecule has 24 heavy (non-hydrogen) atoms. The van der Waals surface area contributed by atoms with Gasteiger partial charge in [-0.25, -0.2) is 4.31 Å². The Kier molecular flexibility index (Phi) is 8.17. The molecular formula is C16H27N3O4S. The Morgan fingerprint density at radius 1 is 1.21 bits per heavy atom. The number of nitrogens with zero attached hydrogens (tertiary/aromatic N) is 2. The van der Waals surface area contributed by atoms with E-state index in [2.05, 4.69) is 5.32 Å². The summed E-state index contributed by atoms with van der Waals surface area (Å²) in [4.78, 5) is 12.1. The molecule has 136 valence electrons. The molecule has 8 heteroatoms. The minimum atomic E-state index is -3.76. The van der Waals surface area contributed by atoms with E-state index in [0.29, 0.717) is 31.9 Å². The van der Waals surface area contributed by atoms with Crippen LogP contribution in [0.2, 0.25) is 0 Å². The predicted octanol–water partition coefficient (Wildman–Crippen LogP) is 1.15. The number of anilines is 1. The van der Waals surface area contributed by atoms with Crippen LogP contribution in [0.3, 0.4) is 0 Å². The predicted molar refractivity (Wildman–Crippen MR) is 95.3 cm³/mol. The Morgan fingerprint density at radius 3 is 2.38 bits per heavy atom. The molecule has 1 aromatic carbocycles. The molecule has 0 spiro atoms. The van der Waals surface area contributed by atoms with E-state index >= 15 is 0 Å². The fraction of sp³-hybridized carbons (Fsp3) is 0.562. The summed E-state index contributed by atoms with van der Waals surface area (Å²) >= 11 is 0. The average Bonchev–Trinajstić information content (AvgIpc) is 2.53. The van der Waals surface area contributed by atoms with Crippen molar-refractivity contribution in [1.29, 1.82) is 0 Å². The first-order valence-corrected chi connectivity index (χ1v) is 9.30. The van der Waals surface area contributed by atoms with E-state index in [1.807, 2.05) is 26.0 Å². The summed E-state index contributed by atoms with van der Waals surface area (Å²) in [5.41, 5.74) is 1.47. The van der Waals surface area contributed by atoms with Crippen molar-refractivity contribution in [2.75, 3.05) is 44.7 Å². The lowest BCUT2D eigenvalue weighted by Crippen LogP contribution is -2.46. The van der Waals surface area contributed by atoms with Crippen molar-refractivity contribution in [1.82, 2.24) is 9.62 Å².